The molecule has 3 aliphatic heterocycles. The molecule has 5 rings (SSSR count). The van der Waals surface area contributed by atoms with E-state index in [-0.39, 0.29) is 11.9 Å². The second kappa shape index (κ2) is 7.11. The van der Waals surface area contributed by atoms with Crippen molar-refractivity contribution in [2.45, 2.75) is 25.4 Å². The van der Waals surface area contributed by atoms with Crippen LogP contribution in [0.5, 0.6) is 0 Å². The maximum Gasteiger partial charge on any atom is 0.254 e. The van der Waals surface area contributed by atoms with E-state index in [4.69, 9.17) is 0 Å². The second-order valence-electron chi connectivity index (χ2n) is 7.22. The van der Waals surface area contributed by atoms with Crippen molar-refractivity contribution in [3.05, 3.63) is 65.5 Å². The monoisotopic (exact) mass is 357 g/mol. The molecule has 0 aliphatic carbocycles. The van der Waals surface area contributed by atoms with Crippen molar-refractivity contribution in [3.63, 3.8) is 0 Å². The smallest absolute Gasteiger partial charge is 0.254 e. The second-order valence-corrected chi connectivity index (χ2v) is 7.22. The first-order chi connectivity index (χ1) is 12.6. The predicted molar refractivity (Wildman–Crippen MR) is 93.4 cm³/mol. The summed E-state index contributed by atoms with van der Waals surface area (Å²) in [5.41, 5.74) is 1.43. The van der Waals surface area contributed by atoms with Gasteiger partial charge in [0.15, 0.2) is 11.6 Å². The third-order valence-corrected chi connectivity index (χ3v) is 5.41. The highest BCUT2D eigenvalue weighted by molar-refractivity contribution is 5.94. The van der Waals surface area contributed by atoms with Gasteiger partial charge >= 0.3 is 0 Å². The molecule has 1 aromatic heterocycles. The summed E-state index contributed by atoms with van der Waals surface area (Å²) in [4.78, 5) is 21.0. The van der Waals surface area contributed by atoms with Crippen LogP contribution < -0.4 is 0 Å². The van der Waals surface area contributed by atoms with Crippen molar-refractivity contribution in [2.24, 2.45) is 5.92 Å². The Balaban J connectivity index is 1.49. The molecule has 3 aliphatic rings. The van der Waals surface area contributed by atoms with Crippen molar-refractivity contribution >= 4 is 5.91 Å². The lowest BCUT2D eigenvalue weighted by molar-refractivity contribution is 0.0736. The highest BCUT2D eigenvalue weighted by atomic mass is 19.2. The third kappa shape index (κ3) is 3.46. The molecule has 1 amide bonds. The van der Waals surface area contributed by atoms with E-state index >= 15 is 0 Å². The Hall–Kier alpha value is -2.34. The van der Waals surface area contributed by atoms with Gasteiger partial charge in [-0.05, 0) is 48.6 Å². The number of benzene rings is 1. The van der Waals surface area contributed by atoms with Crippen LogP contribution in [0.3, 0.4) is 0 Å². The number of pyridine rings is 1. The Bertz CT molecular complexity index is 799. The van der Waals surface area contributed by atoms with Crippen LogP contribution in [0.1, 0.15) is 28.8 Å². The van der Waals surface area contributed by atoms with Crippen LogP contribution in [0.15, 0.2) is 42.7 Å². The van der Waals surface area contributed by atoms with E-state index < -0.39 is 11.6 Å². The number of amides is 1. The molecular formula is C20H21F2N3O. The van der Waals surface area contributed by atoms with Gasteiger partial charge in [-0.15, -0.1) is 0 Å². The number of carbonyl (C=O) groups excluding carboxylic acids is 1. The van der Waals surface area contributed by atoms with E-state index in [9.17, 15) is 13.6 Å². The van der Waals surface area contributed by atoms with Crippen molar-refractivity contribution in [1.82, 2.24) is 14.8 Å². The molecule has 4 heterocycles. The molecule has 2 aromatic rings. The molecule has 0 saturated carbocycles. The zero-order valence-corrected chi connectivity index (χ0v) is 14.4. The van der Waals surface area contributed by atoms with Gasteiger partial charge in [0.2, 0.25) is 0 Å². The molecule has 0 N–H and O–H groups in total. The highest BCUT2D eigenvalue weighted by Gasteiger charge is 2.36. The molecule has 6 heteroatoms. The van der Waals surface area contributed by atoms with Crippen LogP contribution >= 0.6 is 0 Å². The van der Waals surface area contributed by atoms with Crippen LogP contribution in [-0.2, 0) is 6.54 Å². The number of hydrogen-bond donors (Lipinski definition) is 0. The number of fused-ring (bicyclic) bond motifs is 4. The molecule has 26 heavy (non-hydrogen) atoms. The Morgan fingerprint density at radius 3 is 2.62 bits per heavy atom. The van der Waals surface area contributed by atoms with E-state index in [1.807, 2.05) is 4.90 Å². The van der Waals surface area contributed by atoms with Gasteiger partial charge in [-0.2, -0.15) is 0 Å². The summed E-state index contributed by atoms with van der Waals surface area (Å²) in [6, 6.07) is 7.82. The summed E-state index contributed by atoms with van der Waals surface area (Å²) in [5.74, 6) is -1.18. The van der Waals surface area contributed by atoms with Gasteiger partial charge in [0.05, 0.1) is 0 Å². The normalized spacial score (nSPS) is 23.1. The van der Waals surface area contributed by atoms with Crippen molar-refractivity contribution in [3.8, 4) is 0 Å². The minimum atomic E-state index is -0.819. The van der Waals surface area contributed by atoms with Crippen molar-refractivity contribution in [2.75, 3.05) is 19.6 Å². The summed E-state index contributed by atoms with van der Waals surface area (Å²) < 4.78 is 26.7. The van der Waals surface area contributed by atoms with Crippen LogP contribution in [0, 0.1) is 17.6 Å². The molecule has 2 atom stereocenters. The van der Waals surface area contributed by atoms with Crippen LogP contribution in [-0.4, -0.2) is 46.4 Å². The Labute approximate surface area is 151 Å². The Morgan fingerprint density at radius 2 is 1.85 bits per heavy atom. The number of rotatable bonds is 3. The molecule has 2 bridgehead atoms. The minimum absolute atomic E-state index is 0.0407. The van der Waals surface area contributed by atoms with Crippen LogP contribution in [0.25, 0.3) is 0 Å². The molecule has 136 valence electrons. The Kier molecular flexibility index (Phi) is 4.68. The van der Waals surface area contributed by atoms with Crippen LogP contribution in [0.4, 0.5) is 8.78 Å². The fourth-order valence-electron chi connectivity index (χ4n) is 4.09. The van der Waals surface area contributed by atoms with Crippen molar-refractivity contribution in [1.29, 1.82) is 0 Å². The summed E-state index contributed by atoms with van der Waals surface area (Å²) in [6.07, 6.45) is 5.39. The van der Waals surface area contributed by atoms with Gasteiger partial charge in [-0.25, -0.2) is 8.78 Å². The molecule has 3 saturated heterocycles. The lowest BCUT2D eigenvalue weighted by Crippen LogP contribution is -2.43. The number of carbonyl (C=O) groups is 1. The first-order valence-corrected chi connectivity index (χ1v) is 8.97. The molecule has 0 spiro atoms. The van der Waals surface area contributed by atoms with E-state index in [0.717, 1.165) is 31.5 Å². The van der Waals surface area contributed by atoms with E-state index in [1.165, 1.54) is 12.1 Å². The fraction of sp³-hybridized carbons (Fsp3) is 0.400. The quantitative estimate of drug-likeness (QED) is 0.847. The molecular weight excluding hydrogens is 336 g/mol. The largest absolute Gasteiger partial charge is 0.337 e. The predicted octanol–water partition coefficient (Wildman–Crippen LogP) is 3.10. The standard InChI is InChI=1S/C20H21F2N3O/c21-18-4-2-14(9-19(18)22)10-24-11-15-1-3-17(24)13-25(12-15)20(26)16-5-7-23-8-6-16/h2,4-9,15,17H,1,3,10-13H2/t15-,17-/m1/s1. The molecule has 3 fully saturated rings. The van der Waals surface area contributed by atoms with Gasteiger partial charge in [0.25, 0.3) is 5.91 Å². The van der Waals surface area contributed by atoms with Gasteiger partial charge < -0.3 is 4.90 Å². The number of nitrogens with zero attached hydrogens (tertiary/aromatic N) is 3. The SMILES string of the molecule is O=C(c1ccncc1)N1C[C@@H]2CC[C@H](C1)N(Cc1ccc(F)c(F)c1)C2. The van der Waals surface area contributed by atoms with Crippen LogP contribution in [0.2, 0.25) is 0 Å². The number of hydrogen-bond acceptors (Lipinski definition) is 3. The summed E-state index contributed by atoms with van der Waals surface area (Å²) in [6.45, 7) is 2.87. The van der Waals surface area contributed by atoms with Gasteiger partial charge in [-0.1, -0.05) is 6.07 Å². The average Bonchev–Trinajstić information content (AvgIpc) is 2.97. The molecule has 0 radical (unpaired) electrons. The van der Waals surface area contributed by atoms with Crippen molar-refractivity contribution < 1.29 is 13.6 Å². The Morgan fingerprint density at radius 1 is 1.04 bits per heavy atom. The number of halogens is 2. The fourth-order valence-corrected chi connectivity index (χ4v) is 4.09. The first kappa shape index (κ1) is 17.1. The summed E-state index contributed by atoms with van der Waals surface area (Å²) in [5, 5.41) is 0. The topological polar surface area (TPSA) is 36.4 Å². The lowest BCUT2D eigenvalue weighted by atomic mass is 9.94. The molecule has 4 nitrogen and oxygen atoms in total. The van der Waals surface area contributed by atoms with E-state index in [2.05, 4.69) is 9.88 Å². The third-order valence-electron chi connectivity index (χ3n) is 5.41. The molecule has 1 aromatic carbocycles. The maximum absolute atomic E-state index is 13.5. The minimum Gasteiger partial charge on any atom is -0.337 e. The van der Waals surface area contributed by atoms with Gasteiger partial charge in [0.1, 0.15) is 0 Å². The zero-order chi connectivity index (χ0) is 18.1. The highest BCUT2D eigenvalue weighted by Crippen LogP contribution is 2.30. The first-order valence-electron chi connectivity index (χ1n) is 8.97. The van der Waals surface area contributed by atoms with E-state index in [1.54, 1.807) is 30.6 Å². The molecule has 0 unspecified atom stereocenters. The van der Waals surface area contributed by atoms with E-state index in [0.29, 0.717) is 24.6 Å². The summed E-state index contributed by atoms with van der Waals surface area (Å²) in [7, 11) is 0. The zero-order valence-electron chi connectivity index (χ0n) is 14.4. The van der Waals surface area contributed by atoms with Gasteiger partial charge in [0, 0.05) is 50.2 Å². The number of aromatic nitrogens is 1. The average molecular weight is 357 g/mol. The van der Waals surface area contributed by atoms with Gasteiger partial charge in [-0.3, -0.25) is 14.7 Å². The summed E-state index contributed by atoms with van der Waals surface area (Å²) >= 11 is 0. The lowest BCUT2D eigenvalue weighted by Gasteiger charge is -2.36. The number of piperidine rings is 1. The maximum atomic E-state index is 13.5.